The van der Waals surface area contributed by atoms with Crippen LogP contribution in [0.3, 0.4) is 0 Å². The second kappa shape index (κ2) is 7.89. The van der Waals surface area contributed by atoms with Gasteiger partial charge < -0.3 is 25.9 Å². The van der Waals surface area contributed by atoms with Crippen molar-refractivity contribution >= 4 is 22.8 Å². The Labute approximate surface area is 127 Å². The van der Waals surface area contributed by atoms with Crippen LogP contribution < -0.4 is 16.8 Å². The Balaban J connectivity index is 1.87. The Kier molecular flexibility index (Phi) is 5.88. The third-order valence-electron chi connectivity index (χ3n) is 2.62. The molecule has 7 nitrogen and oxygen atoms in total. The van der Waals surface area contributed by atoms with Gasteiger partial charge in [-0.1, -0.05) is 0 Å². The summed E-state index contributed by atoms with van der Waals surface area (Å²) in [7, 11) is 1.61. The van der Waals surface area contributed by atoms with E-state index in [0.717, 1.165) is 16.6 Å². The topological polar surface area (TPSA) is 112 Å². The van der Waals surface area contributed by atoms with Crippen LogP contribution in [0.5, 0.6) is 0 Å². The van der Waals surface area contributed by atoms with Crippen LogP contribution in [0.2, 0.25) is 0 Å². The molecule has 5 N–H and O–H groups in total. The number of nitrogens with zero attached hydrogens (tertiary/aromatic N) is 2. The molecule has 0 saturated carbocycles. The highest BCUT2D eigenvalue weighted by Gasteiger charge is 2.08. The zero-order valence-corrected chi connectivity index (χ0v) is 12.6. The van der Waals surface area contributed by atoms with Gasteiger partial charge in [-0.2, -0.15) is 0 Å². The van der Waals surface area contributed by atoms with Gasteiger partial charge in [0, 0.05) is 18.5 Å². The quantitative estimate of drug-likeness (QED) is 0.500. The number of hydrogen-bond donors (Lipinski definition) is 3. The first kappa shape index (κ1) is 15.6. The summed E-state index contributed by atoms with van der Waals surface area (Å²) < 4.78 is 10.5. The van der Waals surface area contributed by atoms with Crippen molar-refractivity contribution in [1.29, 1.82) is 0 Å². The summed E-state index contributed by atoms with van der Waals surface area (Å²) in [6, 6.07) is 3.61. The summed E-state index contributed by atoms with van der Waals surface area (Å²) in [4.78, 5) is 8.58. The molecule has 0 amide bonds. The molecule has 0 aliphatic carbocycles. The van der Waals surface area contributed by atoms with Crippen LogP contribution in [0.4, 0.5) is 5.13 Å². The zero-order valence-electron chi connectivity index (χ0n) is 11.8. The molecule has 0 spiro atoms. The van der Waals surface area contributed by atoms with E-state index in [0.29, 0.717) is 25.5 Å². The minimum absolute atomic E-state index is 0.0993. The predicted octanol–water partition coefficient (Wildman–Crippen LogP) is 1.28. The highest BCUT2D eigenvalue weighted by atomic mass is 32.1. The number of hydrogen-bond acceptors (Lipinski definition) is 7. The number of anilines is 1. The Hall–Kier alpha value is -1.74. The molecule has 2 rings (SSSR count). The first-order chi connectivity index (χ1) is 10.2. The maximum atomic E-state index is 5.76. The van der Waals surface area contributed by atoms with Crippen molar-refractivity contribution in [3.05, 3.63) is 23.3 Å². The largest absolute Gasteiger partial charge is 0.458 e. The van der Waals surface area contributed by atoms with E-state index < -0.39 is 0 Å². The van der Waals surface area contributed by atoms with E-state index in [1.165, 1.54) is 11.3 Å². The van der Waals surface area contributed by atoms with Gasteiger partial charge in [-0.3, -0.25) is 4.99 Å². The molecule has 2 heterocycles. The lowest BCUT2D eigenvalue weighted by Gasteiger charge is -2.05. The number of furan rings is 1. The lowest BCUT2D eigenvalue weighted by atomic mass is 10.3. The molecule has 0 aliphatic rings. The Morgan fingerprint density at radius 1 is 1.57 bits per heavy atom. The second-order valence-electron chi connectivity index (χ2n) is 4.36. The number of aromatic nitrogens is 1. The molecule has 1 unspecified atom stereocenters. The highest BCUT2D eigenvalue weighted by Crippen LogP contribution is 2.26. The Bertz CT molecular complexity index is 581. The van der Waals surface area contributed by atoms with Crippen LogP contribution in [0.25, 0.3) is 11.5 Å². The number of methoxy groups -OCH3 is 1. The van der Waals surface area contributed by atoms with E-state index in [-0.39, 0.29) is 6.04 Å². The number of rotatable bonds is 8. The van der Waals surface area contributed by atoms with Gasteiger partial charge in [0.05, 0.1) is 26.0 Å². The standard InChI is InChI=1S/C13H19N5O2S/c1-19-6-9(15)5-16-8-17-13-18-11(7-21-13)12-3-2-10(4-14)20-12/h2-3,7-9H,4-6,14-15H2,1H3,(H,16,17,18). The molecule has 0 aromatic carbocycles. The van der Waals surface area contributed by atoms with Gasteiger partial charge in [0.1, 0.15) is 11.5 Å². The summed E-state index contributed by atoms with van der Waals surface area (Å²) in [5.41, 5.74) is 12.0. The van der Waals surface area contributed by atoms with E-state index in [1.54, 1.807) is 13.4 Å². The van der Waals surface area contributed by atoms with Gasteiger partial charge >= 0.3 is 0 Å². The molecule has 0 saturated heterocycles. The van der Waals surface area contributed by atoms with Crippen molar-refractivity contribution in [3.8, 4) is 11.5 Å². The fourth-order valence-electron chi connectivity index (χ4n) is 1.63. The summed E-state index contributed by atoms with van der Waals surface area (Å²) in [6.07, 6.45) is 1.59. The van der Waals surface area contributed by atoms with Gasteiger partial charge in [0.25, 0.3) is 0 Å². The van der Waals surface area contributed by atoms with Gasteiger partial charge in [-0.25, -0.2) is 4.98 Å². The predicted molar refractivity (Wildman–Crippen MR) is 84.5 cm³/mol. The van der Waals surface area contributed by atoms with Crippen LogP contribution in [0, 0.1) is 0 Å². The zero-order chi connectivity index (χ0) is 15.1. The summed E-state index contributed by atoms with van der Waals surface area (Å²) in [5, 5.41) is 5.65. The normalized spacial score (nSPS) is 12.9. The van der Waals surface area contributed by atoms with Crippen LogP contribution >= 0.6 is 11.3 Å². The van der Waals surface area contributed by atoms with Crippen molar-refractivity contribution < 1.29 is 9.15 Å². The molecule has 0 fully saturated rings. The molecule has 0 bridgehead atoms. The molecule has 0 radical (unpaired) electrons. The third kappa shape index (κ3) is 4.64. The average Bonchev–Trinajstić information content (AvgIpc) is 3.12. The number of aliphatic imine (C=N–C) groups is 1. The number of ether oxygens (including phenoxy) is 1. The molecule has 2 aromatic heterocycles. The average molecular weight is 309 g/mol. The Morgan fingerprint density at radius 2 is 2.43 bits per heavy atom. The van der Waals surface area contributed by atoms with E-state index >= 15 is 0 Å². The molecular formula is C13H19N5O2S. The maximum absolute atomic E-state index is 5.76. The maximum Gasteiger partial charge on any atom is 0.188 e. The van der Waals surface area contributed by atoms with Crippen molar-refractivity contribution in [2.75, 3.05) is 25.6 Å². The smallest absolute Gasteiger partial charge is 0.188 e. The van der Waals surface area contributed by atoms with Crippen molar-refractivity contribution in [2.45, 2.75) is 12.6 Å². The molecule has 114 valence electrons. The lowest BCUT2D eigenvalue weighted by Crippen LogP contribution is -2.28. The van der Waals surface area contributed by atoms with Crippen LogP contribution in [-0.2, 0) is 11.3 Å². The molecular weight excluding hydrogens is 290 g/mol. The van der Waals surface area contributed by atoms with Gasteiger partial charge in [0.2, 0.25) is 0 Å². The summed E-state index contributed by atoms with van der Waals surface area (Å²) in [6.45, 7) is 1.36. The van der Waals surface area contributed by atoms with E-state index in [1.807, 2.05) is 17.5 Å². The second-order valence-corrected chi connectivity index (χ2v) is 5.22. The molecule has 8 heteroatoms. The monoisotopic (exact) mass is 309 g/mol. The first-order valence-electron chi connectivity index (χ1n) is 6.47. The van der Waals surface area contributed by atoms with Gasteiger partial charge in [0.15, 0.2) is 10.9 Å². The van der Waals surface area contributed by atoms with E-state index in [2.05, 4.69) is 15.3 Å². The van der Waals surface area contributed by atoms with Gasteiger partial charge in [-0.05, 0) is 12.1 Å². The summed E-state index contributed by atoms with van der Waals surface area (Å²) >= 11 is 1.47. The van der Waals surface area contributed by atoms with Gasteiger partial charge in [-0.15, -0.1) is 11.3 Å². The van der Waals surface area contributed by atoms with Crippen molar-refractivity contribution in [2.24, 2.45) is 16.5 Å². The van der Waals surface area contributed by atoms with Crippen LogP contribution in [0.15, 0.2) is 26.9 Å². The highest BCUT2D eigenvalue weighted by molar-refractivity contribution is 7.14. The fraction of sp³-hybridized carbons (Fsp3) is 0.385. The lowest BCUT2D eigenvalue weighted by molar-refractivity contribution is 0.182. The SMILES string of the molecule is COCC(N)CN=CNc1nc(-c2ccc(CN)o2)cs1. The van der Waals surface area contributed by atoms with E-state index in [9.17, 15) is 0 Å². The van der Waals surface area contributed by atoms with Crippen LogP contribution in [0.1, 0.15) is 5.76 Å². The number of thiazole rings is 1. The number of nitrogens with one attached hydrogen (secondary N) is 1. The minimum atomic E-state index is -0.0993. The van der Waals surface area contributed by atoms with Crippen molar-refractivity contribution in [3.63, 3.8) is 0 Å². The first-order valence-corrected chi connectivity index (χ1v) is 7.35. The molecule has 2 aromatic rings. The molecule has 21 heavy (non-hydrogen) atoms. The third-order valence-corrected chi connectivity index (χ3v) is 3.39. The molecule has 1 atom stereocenters. The molecule has 0 aliphatic heterocycles. The Morgan fingerprint density at radius 3 is 3.14 bits per heavy atom. The fourth-order valence-corrected chi connectivity index (χ4v) is 2.30. The van der Waals surface area contributed by atoms with E-state index in [4.69, 9.17) is 20.6 Å². The number of nitrogens with two attached hydrogens (primary N) is 2. The van der Waals surface area contributed by atoms with Crippen molar-refractivity contribution in [1.82, 2.24) is 4.98 Å². The summed E-state index contributed by atoms with van der Waals surface area (Å²) in [5.74, 6) is 1.44. The minimum Gasteiger partial charge on any atom is -0.458 e. The van der Waals surface area contributed by atoms with Crippen LogP contribution in [-0.4, -0.2) is 37.6 Å².